The van der Waals surface area contributed by atoms with E-state index < -0.39 is 0 Å². The highest BCUT2D eigenvalue weighted by Crippen LogP contribution is 1.99. The number of rotatable bonds is 5. The maximum Gasteiger partial charge on any atom is 0.216 e. The van der Waals surface area contributed by atoms with E-state index in [9.17, 15) is 4.79 Å². The minimum absolute atomic E-state index is 0.0668. The zero-order chi connectivity index (χ0) is 7.82. The van der Waals surface area contributed by atoms with Gasteiger partial charge in [-0.05, 0) is 12.2 Å². The van der Waals surface area contributed by atoms with Gasteiger partial charge < -0.3 is 5.32 Å². The van der Waals surface area contributed by atoms with Crippen molar-refractivity contribution < 1.29 is 4.79 Å². The summed E-state index contributed by atoms with van der Waals surface area (Å²) in [5, 5.41) is 2.74. The molecule has 0 aromatic rings. The molecule has 1 N–H and O–H groups in total. The molecule has 0 atom stereocenters. The third kappa shape index (κ3) is 7.82. The largest absolute Gasteiger partial charge is 0.356 e. The van der Waals surface area contributed by atoms with Gasteiger partial charge in [-0.2, -0.15) is 11.8 Å². The van der Waals surface area contributed by atoms with Gasteiger partial charge in [0.05, 0.1) is 0 Å². The lowest BCUT2D eigenvalue weighted by Gasteiger charge is -1.99. The maximum atomic E-state index is 10.4. The summed E-state index contributed by atoms with van der Waals surface area (Å²) in [6.07, 6.45) is 1.21. The monoisotopic (exact) mass is 161 g/mol. The van der Waals surface area contributed by atoms with Crippen LogP contribution >= 0.6 is 11.8 Å². The number of carbonyl (C=O) groups is 1. The lowest BCUT2D eigenvalue weighted by molar-refractivity contribution is -0.118. The fraction of sp³-hybridized carbons (Fsp3) is 0.857. The highest BCUT2D eigenvalue weighted by Gasteiger charge is 1.89. The van der Waals surface area contributed by atoms with Crippen molar-refractivity contribution in [1.82, 2.24) is 5.32 Å². The van der Waals surface area contributed by atoms with Gasteiger partial charge in [-0.25, -0.2) is 0 Å². The number of nitrogens with one attached hydrogen (secondary N) is 1. The van der Waals surface area contributed by atoms with Crippen LogP contribution in [0.25, 0.3) is 0 Å². The predicted octanol–water partition coefficient (Wildman–Crippen LogP) is 1.27. The molecule has 0 aliphatic heterocycles. The van der Waals surface area contributed by atoms with Crippen molar-refractivity contribution in [3.05, 3.63) is 0 Å². The fourth-order valence-electron chi connectivity index (χ4n) is 0.546. The van der Waals surface area contributed by atoms with Gasteiger partial charge in [-0.15, -0.1) is 0 Å². The molecular formula is C7H15NOS. The first-order chi connectivity index (χ1) is 4.77. The molecule has 1 amide bonds. The molecule has 0 radical (unpaired) electrons. The zero-order valence-electron chi connectivity index (χ0n) is 6.64. The molecule has 0 fully saturated rings. The van der Waals surface area contributed by atoms with Gasteiger partial charge in [0, 0.05) is 19.2 Å². The van der Waals surface area contributed by atoms with Crippen LogP contribution in [0.5, 0.6) is 0 Å². The average Bonchev–Trinajstić information content (AvgIpc) is 1.87. The number of thioether (sulfide) groups is 1. The Kier molecular flexibility index (Phi) is 6.81. The Bertz CT molecular complexity index is 95.6. The molecule has 0 saturated carbocycles. The predicted molar refractivity (Wildman–Crippen MR) is 46.3 cm³/mol. The minimum atomic E-state index is 0.0668. The van der Waals surface area contributed by atoms with Gasteiger partial charge in [0.2, 0.25) is 5.91 Å². The molecule has 10 heavy (non-hydrogen) atoms. The van der Waals surface area contributed by atoms with Crippen molar-refractivity contribution in [2.75, 3.05) is 18.1 Å². The summed E-state index contributed by atoms with van der Waals surface area (Å²) in [6.45, 7) is 4.51. The van der Waals surface area contributed by atoms with Gasteiger partial charge in [-0.1, -0.05) is 6.92 Å². The fourth-order valence-corrected chi connectivity index (χ4v) is 1.28. The van der Waals surface area contributed by atoms with Gasteiger partial charge in [0.25, 0.3) is 0 Å². The Hall–Kier alpha value is -0.180. The Balaban J connectivity index is 2.84. The second kappa shape index (κ2) is 6.93. The van der Waals surface area contributed by atoms with E-state index in [1.807, 2.05) is 11.8 Å². The summed E-state index contributed by atoms with van der Waals surface area (Å²) < 4.78 is 0. The highest BCUT2D eigenvalue weighted by molar-refractivity contribution is 7.99. The Morgan fingerprint density at radius 3 is 2.70 bits per heavy atom. The molecule has 0 unspecified atom stereocenters. The second-order valence-electron chi connectivity index (χ2n) is 2.10. The first-order valence-corrected chi connectivity index (χ1v) is 4.75. The lowest BCUT2D eigenvalue weighted by Crippen LogP contribution is -2.22. The van der Waals surface area contributed by atoms with Crippen molar-refractivity contribution in [3.8, 4) is 0 Å². The normalized spacial score (nSPS) is 9.40. The molecule has 3 heteroatoms. The van der Waals surface area contributed by atoms with Crippen LogP contribution in [0, 0.1) is 0 Å². The van der Waals surface area contributed by atoms with E-state index in [1.54, 1.807) is 6.92 Å². The van der Waals surface area contributed by atoms with Crippen LogP contribution in [0.4, 0.5) is 0 Å². The Morgan fingerprint density at radius 2 is 2.20 bits per heavy atom. The molecule has 0 aromatic heterocycles. The SMILES string of the molecule is CCCSCCNC(C)=O. The third-order valence-corrected chi connectivity index (χ3v) is 2.16. The van der Waals surface area contributed by atoms with Crippen LogP contribution in [0.3, 0.4) is 0 Å². The Labute approximate surface area is 66.8 Å². The summed E-state index contributed by atoms with van der Waals surface area (Å²) >= 11 is 1.88. The van der Waals surface area contributed by atoms with Crippen molar-refractivity contribution in [1.29, 1.82) is 0 Å². The highest BCUT2D eigenvalue weighted by atomic mass is 32.2. The van der Waals surface area contributed by atoms with E-state index in [2.05, 4.69) is 12.2 Å². The van der Waals surface area contributed by atoms with Crippen LogP contribution in [0.1, 0.15) is 20.3 Å². The standard InChI is InChI=1S/C7H15NOS/c1-3-5-10-6-4-8-7(2)9/h3-6H2,1-2H3,(H,8,9). The quantitative estimate of drug-likeness (QED) is 0.615. The van der Waals surface area contributed by atoms with Crippen LogP contribution in [0.15, 0.2) is 0 Å². The lowest BCUT2D eigenvalue weighted by atomic mass is 10.6. The van der Waals surface area contributed by atoms with Gasteiger partial charge >= 0.3 is 0 Å². The number of hydrogen-bond donors (Lipinski definition) is 1. The zero-order valence-corrected chi connectivity index (χ0v) is 7.46. The van der Waals surface area contributed by atoms with E-state index in [-0.39, 0.29) is 5.91 Å². The van der Waals surface area contributed by atoms with Crippen LogP contribution in [-0.2, 0) is 4.79 Å². The Morgan fingerprint density at radius 1 is 1.50 bits per heavy atom. The van der Waals surface area contributed by atoms with Crippen LogP contribution in [0.2, 0.25) is 0 Å². The van der Waals surface area contributed by atoms with E-state index >= 15 is 0 Å². The molecule has 0 saturated heterocycles. The van der Waals surface area contributed by atoms with Crippen molar-refractivity contribution in [2.24, 2.45) is 0 Å². The number of amides is 1. The third-order valence-electron chi connectivity index (χ3n) is 0.969. The molecule has 0 bridgehead atoms. The molecule has 0 aromatic carbocycles. The summed E-state index contributed by atoms with van der Waals surface area (Å²) in [6, 6.07) is 0. The van der Waals surface area contributed by atoms with Gasteiger partial charge in [-0.3, -0.25) is 4.79 Å². The molecule has 0 aliphatic rings. The van der Waals surface area contributed by atoms with Gasteiger partial charge in [0.1, 0.15) is 0 Å². The topological polar surface area (TPSA) is 29.1 Å². The van der Waals surface area contributed by atoms with Crippen molar-refractivity contribution in [3.63, 3.8) is 0 Å². The summed E-state index contributed by atoms with van der Waals surface area (Å²) in [7, 11) is 0. The van der Waals surface area contributed by atoms with Crippen molar-refractivity contribution in [2.45, 2.75) is 20.3 Å². The van der Waals surface area contributed by atoms with E-state index in [1.165, 1.54) is 12.2 Å². The molecule has 2 nitrogen and oxygen atoms in total. The molecule has 0 rings (SSSR count). The van der Waals surface area contributed by atoms with E-state index in [4.69, 9.17) is 0 Å². The second-order valence-corrected chi connectivity index (χ2v) is 3.32. The molecule has 0 heterocycles. The summed E-state index contributed by atoms with van der Waals surface area (Å²) in [5.41, 5.74) is 0. The first kappa shape index (κ1) is 9.82. The van der Waals surface area contributed by atoms with Crippen LogP contribution in [-0.4, -0.2) is 24.0 Å². The average molecular weight is 161 g/mol. The maximum absolute atomic E-state index is 10.4. The first-order valence-electron chi connectivity index (χ1n) is 3.59. The minimum Gasteiger partial charge on any atom is -0.356 e. The molecular weight excluding hydrogens is 146 g/mol. The summed E-state index contributed by atoms with van der Waals surface area (Å²) in [5.74, 6) is 2.30. The smallest absolute Gasteiger partial charge is 0.216 e. The van der Waals surface area contributed by atoms with E-state index in [0.717, 1.165) is 12.3 Å². The van der Waals surface area contributed by atoms with Gasteiger partial charge in [0.15, 0.2) is 0 Å². The number of hydrogen-bond acceptors (Lipinski definition) is 2. The molecule has 60 valence electrons. The summed E-state index contributed by atoms with van der Waals surface area (Å²) in [4.78, 5) is 10.4. The molecule has 0 aliphatic carbocycles. The van der Waals surface area contributed by atoms with Crippen molar-refractivity contribution >= 4 is 17.7 Å². The number of carbonyl (C=O) groups excluding carboxylic acids is 1. The molecule has 0 spiro atoms. The van der Waals surface area contributed by atoms with Crippen LogP contribution < -0.4 is 5.32 Å². The van der Waals surface area contributed by atoms with E-state index in [0.29, 0.717) is 0 Å².